The lowest BCUT2D eigenvalue weighted by molar-refractivity contribution is -0.384. The summed E-state index contributed by atoms with van der Waals surface area (Å²) in [6.45, 7) is 5.16. The van der Waals surface area contributed by atoms with Gasteiger partial charge in [-0.15, -0.1) is 0 Å². The first-order chi connectivity index (χ1) is 16.2. The Bertz CT molecular complexity index is 1190. The molecular weight excluding hydrogens is 432 g/mol. The van der Waals surface area contributed by atoms with Gasteiger partial charge >= 0.3 is 5.97 Å². The number of nitro benzene ring substituents is 1. The van der Waals surface area contributed by atoms with Gasteiger partial charge < -0.3 is 15.0 Å². The predicted octanol–water partition coefficient (Wildman–Crippen LogP) is 4.23. The minimum atomic E-state index is -0.359. The quantitative estimate of drug-likeness (QED) is 0.235. The topological polar surface area (TPSA) is 97.1 Å². The summed E-state index contributed by atoms with van der Waals surface area (Å²) in [7, 11) is 3.22. The van der Waals surface area contributed by atoms with E-state index in [0.717, 1.165) is 23.2 Å². The number of carbonyl (C=O) groups excluding carboxylic acids is 1. The standard InChI is InChI=1S/C26H30N4O4/c1-25(2)21-8-5-6-9-22(21)29(15-7-10-23(31)34-24(27-3)28-4)26(25)14-13-18-16-20(30(32)33)12-11-19(18)17-26/h5-6,8-9,11-14,16H,7,10,15,17H2,1-4H3,(H,27,28). The molecule has 0 amide bonds. The highest BCUT2D eigenvalue weighted by atomic mass is 16.6. The van der Waals surface area contributed by atoms with Gasteiger partial charge in [-0.05, 0) is 29.2 Å². The summed E-state index contributed by atoms with van der Waals surface area (Å²) in [6, 6.07) is 13.7. The van der Waals surface area contributed by atoms with Crippen molar-refractivity contribution in [3.8, 4) is 0 Å². The van der Waals surface area contributed by atoms with E-state index in [1.165, 1.54) is 5.56 Å². The number of rotatable bonds is 5. The molecule has 2 aromatic rings. The zero-order chi connectivity index (χ0) is 24.5. The van der Waals surface area contributed by atoms with Gasteiger partial charge in [-0.25, -0.2) is 4.99 Å². The first kappa shape index (κ1) is 23.5. The van der Waals surface area contributed by atoms with Crippen LogP contribution >= 0.6 is 0 Å². The third kappa shape index (κ3) is 3.83. The van der Waals surface area contributed by atoms with Crippen molar-refractivity contribution in [1.29, 1.82) is 0 Å². The highest BCUT2D eigenvalue weighted by Gasteiger charge is 2.55. The van der Waals surface area contributed by atoms with Gasteiger partial charge in [0.1, 0.15) is 0 Å². The average Bonchev–Trinajstić information content (AvgIpc) is 3.00. The largest absolute Gasteiger partial charge is 0.393 e. The lowest BCUT2D eigenvalue weighted by atomic mass is 9.65. The van der Waals surface area contributed by atoms with Gasteiger partial charge in [-0.3, -0.25) is 14.9 Å². The first-order valence-electron chi connectivity index (χ1n) is 11.4. The smallest absolute Gasteiger partial charge is 0.313 e. The summed E-state index contributed by atoms with van der Waals surface area (Å²) in [4.78, 5) is 29.5. The normalized spacial score (nSPS) is 20.1. The number of anilines is 1. The average molecular weight is 463 g/mol. The predicted molar refractivity (Wildman–Crippen MR) is 133 cm³/mol. The summed E-state index contributed by atoms with van der Waals surface area (Å²) >= 11 is 0. The molecule has 1 unspecified atom stereocenters. The second kappa shape index (κ2) is 8.93. The Morgan fingerprint density at radius 1 is 1.26 bits per heavy atom. The van der Waals surface area contributed by atoms with E-state index >= 15 is 0 Å². The third-order valence-corrected chi connectivity index (χ3v) is 7.16. The molecule has 0 bridgehead atoms. The summed E-state index contributed by atoms with van der Waals surface area (Å²) in [6.07, 6.45) is 5.81. The van der Waals surface area contributed by atoms with Gasteiger partial charge in [0.25, 0.3) is 11.7 Å². The molecule has 0 saturated heterocycles. The molecule has 1 aliphatic heterocycles. The monoisotopic (exact) mass is 462 g/mol. The Labute approximate surface area is 199 Å². The Kier molecular flexibility index (Phi) is 6.17. The number of nitro groups is 1. The second-order valence-electron chi connectivity index (χ2n) is 9.22. The van der Waals surface area contributed by atoms with Crippen LogP contribution in [0.1, 0.15) is 43.4 Å². The lowest BCUT2D eigenvalue weighted by Crippen LogP contribution is -2.57. The van der Waals surface area contributed by atoms with Crippen LogP contribution in [0.2, 0.25) is 0 Å². The Balaban J connectivity index is 1.64. The van der Waals surface area contributed by atoms with E-state index in [2.05, 4.69) is 53.3 Å². The molecule has 0 fully saturated rings. The van der Waals surface area contributed by atoms with Crippen LogP contribution in [0.5, 0.6) is 0 Å². The number of ether oxygens (including phenoxy) is 1. The van der Waals surface area contributed by atoms with Crippen molar-refractivity contribution >= 4 is 29.4 Å². The maximum absolute atomic E-state index is 12.3. The molecule has 1 spiro atoms. The van der Waals surface area contributed by atoms with E-state index in [1.54, 1.807) is 26.2 Å². The molecule has 1 N–H and O–H groups in total. The van der Waals surface area contributed by atoms with Crippen molar-refractivity contribution in [3.63, 3.8) is 0 Å². The molecule has 2 aromatic carbocycles. The number of benzene rings is 2. The summed E-state index contributed by atoms with van der Waals surface area (Å²) in [5.74, 6) is -0.326. The molecule has 8 nitrogen and oxygen atoms in total. The van der Waals surface area contributed by atoms with Gasteiger partial charge in [-0.1, -0.05) is 50.3 Å². The molecule has 0 aromatic heterocycles. The number of nitrogens with one attached hydrogen (secondary N) is 1. The summed E-state index contributed by atoms with van der Waals surface area (Å²) in [5, 5.41) is 14.0. The Hall–Kier alpha value is -3.68. The van der Waals surface area contributed by atoms with Crippen LogP contribution in [-0.2, 0) is 21.4 Å². The van der Waals surface area contributed by atoms with Crippen molar-refractivity contribution < 1.29 is 14.5 Å². The van der Waals surface area contributed by atoms with Crippen molar-refractivity contribution in [1.82, 2.24) is 5.32 Å². The zero-order valence-electron chi connectivity index (χ0n) is 20.0. The number of fused-ring (bicyclic) bond motifs is 2. The van der Waals surface area contributed by atoms with E-state index in [4.69, 9.17) is 4.74 Å². The number of non-ortho nitro benzene ring substituents is 1. The minimum absolute atomic E-state index is 0.0974. The van der Waals surface area contributed by atoms with Crippen molar-refractivity contribution in [3.05, 3.63) is 75.3 Å². The first-order valence-corrected chi connectivity index (χ1v) is 11.4. The molecule has 34 heavy (non-hydrogen) atoms. The fourth-order valence-electron chi connectivity index (χ4n) is 5.30. The highest BCUT2D eigenvalue weighted by Crippen LogP contribution is 2.55. The number of para-hydroxylation sites is 1. The molecule has 2 aliphatic rings. The fraction of sp³-hybridized carbons (Fsp3) is 0.385. The van der Waals surface area contributed by atoms with Crippen LogP contribution < -0.4 is 10.2 Å². The SMILES string of the molecule is C/N=C(/NC)OC(=O)CCCN1c2ccccc2C(C)(C)C12C=Cc1cc([N+](=O)[O-])ccc1C2. The molecule has 0 radical (unpaired) electrons. The number of amidine groups is 1. The summed E-state index contributed by atoms with van der Waals surface area (Å²) < 4.78 is 5.25. The maximum atomic E-state index is 12.3. The van der Waals surface area contributed by atoms with E-state index in [9.17, 15) is 14.9 Å². The molecule has 1 heterocycles. The fourth-order valence-corrected chi connectivity index (χ4v) is 5.30. The van der Waals surface area contributed by atoms with E-state index in [-0.39, 0.29) is 40.0 Å². The van der Waals surface area contributed by atoms with Crippen LogP contribution in [0.25, 0.3) is 6.08 Å². The Morgan fingerprint density at radius 3 is 2.74 bits per heavy atom. The molecule has 4 rings (SSSR count). The molecular formula is C26H30N4O4. The van der Waals surface area contributed by atoms with Crippen LogP contribution in [0.4, 0.5) is 11.4 Å². The highest BCUT2D eigenvalue weighted by molar-refractivity contribution is 5.87. The number of hydrogen-bond acceptors (Lipinski definition) is 6. The van der Waals surface area contributed by atoms with Crippen molar-refractivity contribution in [2.75, 3.05) is 25.5 Å². The van der Waals surface area contributed by atoms with Gasteiger partial charge in [-0.2, -0.15) is 0 Å². The van der Waals surface area contributed by atoms with E-state index in [1.807, 2.05) is 18.2 Å². The number of hydrogen-bond donors (Lipinski definition) is 1. The van der Waals surface area contributed by atoms with Crippen LogP contribution in [-0.4, -0.2) is 43.1 Å². The molecule has 8 heteroatoms. The molecule has 1 atom stereocenters. The number of esters is 1. The number of nitrogens with zero attached hydrogens (tertiary/aromatic N) is 3. The number of aliphatic imine (C=N–C) groups is 1. The van der Waals surface area contributed by atoms with E-state index < -0.39 is 0 Å². The second-order valence-corrected chi connectivity index (χ2v) is 9.22. The van der Waals surface area contributed by atoms with Crippen molar-refractivity contribution in [2.45, 2.75) is 44.1 Å². The Morgan fingerprint density at radius 2 is 2.03 bits per heavy atom. The minimum Gasteiger partial charge on any atom is -0.393 e. The van der Waals surface area contributed by atoms with Gasteiger partial charge in [0, 0.05) is 56.7 Å². The van der Waals surface area contributed by atoms with Gasteiger partial charge in [0.15, 0.2) is 0 Å². The van der Waals surface area contributed by atoms with E-state index in [0.29, 0.717) is 13.0 Å². The summed E-state index contributed by atoms with van der Waals surface area (Å²) in [5.41, 5.74) is 3.90. The third-order valence-electron chi connectivity index (χ3n) is 7.16. The van der Waals surface area contributed by atoms with Crippen LogP contribution in [0.15, 0.2) is 53.5 Å². The van der Waals surface area contributed by atoms with Crippen LogP contribution in [0.3, 0.4) is 0 Å². The maximum Gasteiger partial charge on any atom is 0.313 e. The van der Waals surface area contributed by atoms with Crippen molar-refractivity contribution in [2.24, 2.45) is 4.99 Å². The van der Waals surface area contributed by atoms with Gasteiger partial charge in [0.05, 0.1) is 10.5 Å². The zero-order valence-corrected chi connectivity index (χ0v) is 20.0. The van der Waals surface area contributed by atoms with Gasteiger partial charge in [0.2, 0.25) is 0 Å². The lowest BCUT2D eigenvalue weighted by Gasteiger charge is -2.48. The molecule has 0 saturated carbocycles. The number of carbonyl (C=O) groups is 1. The molecule has 1 aliphatic carbocycles. The van der Waals surface area contributed by atoms with Crippen LogP contribution in [0, 0.1) is 10.1 Å². The molecule has 178 valence electrons.